The molecule has 0 radical (unpaired) electrons. The van der Waals surface area contributed by atoms with Crippen molar-refractivity contribution in [2.24, 2.45) is 0 Å². The molecule has 27 heavy (non-hydrogen) atoms. The van der Waals surface area contributed by atoms with Crippen LogP contribution in [0.3, 0.4) is 0 Å². The average molecular weight is 388 g/mol. The van der Waals surface area contributed by atoms with E-state index in [0.29, 0.717) is 18.0 Å². The molecule has 1 N–H and O–H groups in total. The molecule has 0 saturated heterocycles. The van der Waals surface area contributed by atoms with Crippen LogP contribution in [0, 0.1) is 0 Å². The number of amides is 1. The Balaban J connectivity index is 1.72. The molecule has 0 aliphatic carbocycles. The minimum absolute atomic E-state index is 0.0290. The predicted octanol–water partition coefficient (Wildman–Crippen LogP) is 2.52. The highest BCUT2D eigenvalue weighted by molar-refractivity contribution is 7.92. The van der Waals surface area contributed by atoms with E-state index >= 15 is 0 Å². The second-order valence-electron chi connectivity index (χ2n) is 6.56. The Hall–Kier alpha value is -2.54. The summed E-state index contributed by atoms with van der Waals surface area (Å²) in [6.07, 6.45) is -0.885. The molecular weight excluding hydrogens is 364 g/mol. The van der Waals surface area contributed by atoms with E-state index in [2.05, 4.69) is 5.32 Å². The summed E-state index contributed by atoms with van der Waals surface area (Å²) in [7, 11) is -3.50. The van der Waals surface area contributed by atoms with Crippen LogP contribution in [0.2, 0.25) is 0 Å². The smallest absolute Gasteiger partial charge is 0.263 e. The predicted molar refractivity (Wildman–Crippen MR) is 106 cm³/mol. The molecule has 0 spiro atoms. The number of nitrogens with zero attached hydrogens (tertiary/aromatic N) is 1. The van der Waals surface area contributed by atoms with Gasteiger partial charge < -0.3 is 10.1 Å². The van der Waals surface area contributed by atoms with Crippen LogP contribution in [0.1, 0.15) is 25.3 Å². The van der Waals surface area contributed by atoms with Gasteiger partial charge >= 0.3 is 0 Å². The van der Waals surface area contributed by atoms with Crippen molar-refractivity contribution >= 4 is 21.6 Å². The summed E-state index contributed by atoms with van der Waals surface area (Å²) in [5.41, 5.74) is 1.60. The van der Waals surface area contributed by atoms with Crippen molar-refractivity contribution in [2.45, 2.75) is 25.9 Å². The summed E-state index contributed by atoms with van der Waals surface area (Å²) >= 11 is 0. The second-order valence-corrected chi connectivity index (χ2v) is 8.74. The number of benzene rings is 2. The van der Waals surface area contributed by atoms with Crippen molar-refractivity contribution in [1.82, 2.24) is 5.32 Å². The van der Waals surface area contributed by atoms with Crippen LogP contribution in [-0.4, -0.2) is 39.3 Å². The molecule has 1 aliphatic rings. The number of fused-ring (bicyclic) bond motifs is 1. The maximum atomic E-state index is 12.6. The fourth-order valence-corrected chi connectivity index (χ4v) is 4.15. The number of hydrogen-bond donors (Lipinski definition) is 1. The molecule has 144 valence electrons. The molecule has 2 aromatic carbocycles. The number of sulfonamides is 1. The lowest BCUT2D eigenvalue weighted by Gasteiger charge is -2.34. The fraction of sp³-hybridized carbons (Fsp3) is 0.350. The van der Waals surface area contributed by atoms with Gasteiger partial charge in [0.15, 0.2) is 6.10 Å². The van der Waals surface area contributed by atoms with Gasteiger partial charge in [-0.3, -0.25) is 9.10 Å². The van der Waals surface area contributed by atoms with Gasteiger partial charge in [0.05, 0.1) is 18.0 Å². The highest BCUT2D eigenvalue weighted by Crippen LogP contribution is 2.35. The normalized spacial score (nSPS) is 17.6. The fourth-order valence-electron chi connectivity index (χ4n) is 3.02. The zero-order chi connectivity index (χ0) is 19.4. The molecular formula is C20H24N2O4S. The molecule has 1 heterocycles. The molecule has 2 aromatic rings. The van der Waals surface area contributed by atoms with E-state index in [1.165, 1.54) is 4.31 Å². The first-order valence-electron chi connectivity index (χ1n) is 9.01. The number of ether oxygens (including phenoxy) is 1. The van der Waals surface area contributed by atoms with Crippen LogP contribution < -0.4 is 14.4 Å². The Morgan fingerprint density at radius 1 is 1.19 bits per heavy atom. The van der Waals surface area contributed by atoms with E-state index in [1.54, 1.807) is 31.2 Å². The Bertz CT molecular complexity index is 899. The number of nitrogens with one attached hydrogen (secondary N) is 1. The average Bonchev–Trinajstić information content (AvgIpc) is 2.71. The Morgan fingerprint density at radius 2 is 1.85 bits per heavy atom. The van der Waals surface area contributed by atoms with E-state index in [1.807, 2.05) is 37.3 Å². The molecule has 3 rings (SSSR count). The Labute approximate surface area is 160 Å². The van der Waals surface area contributed by atoms with Crippen molar-refractivity contribution in [2.75, 3.05) is 23.1 Å². The summed E-state index contributed by atoms with van der Waals surface area (Å²) in [6.45, 7) is 4.04. The third kappa shape index (κ3) is 4.24. The van der Waals surface area contributed by atoms with Crippen molar-refractivity contribution in [3.63, 3.8) is 0 Å². The van der Waals surface area contributed by atoms with E-state index in [-0.39, 0.29) is 24.1 Å². The molecule has 6 nitrogen and oxygen atoms in total. The number of carbonyl (C=O) groups excluding carboxylic acids is 1. The largest absolute Gasteiger partial charge is 0.476 e. The first-order valence-corrected chi connectivity index (χ1v) is 10.6. The molecule has 0 bridgehead atoms. The highest BCUT2D eigenvalue weighted by atomic mass is 32.2. The Kier molecular flexibility index (Phi) is 5.70. The van der Waals surface area contributed by atoms with Crippen LogP contribution in [0.5, 0.6) is 5.75 Å². The summed E-state index contributed by atoms with van der Waals surface area (Å²) in [5, 5.41) is 2.89. The minimum atomic E-state index is -3.50. The van der Waals surface area contributed by atoms with E-state index < -0.39 is 16.1 Å². The molecule has 1 aliphatic heterocycles. The van der Waals surface area contributed by atoms with Gasteiger partial charge in [-0.2, -0.15) is 0 Å². The van der Waals surface area contributed by atoms with Crippen LogP contribution in [0.4, 0.5) is 5.69 Å². The molecule has 0 unspecified atom stereocenters. The summed E-state index contributed by atoms with van der Waals surface area (Å²) in [5.74, 6) is 0.183. The van der Waals surface area contributed by atoms with Crippen LogP contribution in [0.25, 0.3) is 0 Å². The van der Waals surface area contributed by atoms with Gasteiger partial charge in [0.1, 0.15) is 5.75 Å². The summed E-state index contributed by atoms with van der Waals surface area (Å²) in [4.78, 5) is 12.6. The van der Waals surface area contributed by atoms with Crippen molar-refractivity contribution in [3.8, 4) is 5.75 Å². The third-order valence-corrected chi connectivity index (χ3v) is 6.43. The molecule has 0 fully saturated rings. The van der Waals surface area contributed by atoms with Crippen molar-refractivity contribution in [3.05, 3.63) is 60.2 Å². The number of carbonyl (C=O) groups is 1. The lowest BCUT2D eigenvalue weighted by atomic mass is 10.0. The molecule has 2 atom stereocenters. The van der Waals surface area contributed by atoms with Gasteiger partial charge in [-0.1, -0.05) is 49.4 Å². The number of anilines is 1. The highest BCUT2D eigenvalue weighted by Gasteiger charge is 2.35. The molecule has 0 aromatic heterocycles. The van der Waals surface area contributed by atoms with Gasteiger partial charge in [0, 0.05) is 6.54 Å². The SMILES string of the molecule is CCS(=O)(=O)N1C[C@H](C(=O)NC[C@@H](C)c2ccccc2)Oc2ccccc21. The summed E-state index contributed by atoms with van der Waals surface area (Å²) in [6, 6.07) is 16.8. The zero-order valence-corrected chi connectivity index (χ0v) is 16.3. The molecule has 7 heteroatoms. The zero-order valence-electron chi connectivity index (χ0n) is 15.5. The van der Waals surface area contributed by atoms with E-state index in [4.69, 9.17) is 4.74 Å². The summed E-state index contributed by atoms with van der Waals surface area (Å²) < 4.78 is 32.0. The van der Waals surface area contributed by atoms with Crippen LogP contribution in [-0.2, 0) is 14.8 Å². The minimum Gasteiger partial charge on any atom is -0.476 e. The number of hydrogen-bond acceptors (Lipinski definition) is 4. The quantitative estimate of drug-likeness (QED) is 0.825. The maximum absolute atomic E-state index is 12.6. The first kappa shape index (κ1) is 19.2. The lowest BCUT2D eigenvalue weighted by molar-refractivity contribution is -0.127. The van der Waals surface area contributed by atoms with Gasteiger partial charge in [0.2, 0.25) is 10.0 Å². The van der Waals surface area contributed by atoms with Crippen molar-refractivity contribution < 1.29 is 17.9 Å². The third-order valence-electron chi connectivity index (χ3n) is 4.68. The lowest BCUT2D eigenvalue weighted by Crippen LogP contribution is -2.51. The van der Waals surface area contributed by atoms with Gasteiger partial charge in [-0.05, 0) is 30.5 Å². The van der Waals surface area contributed by atoms with Gasteiger partial charge in [-0.25, -0.2) is 8.42 Å². The first-order chi connectivity index (χ1) is 12.9. The van der Waals surface area contributed by atoms with Crippen LogP contribution in [0.15, 0.2) is 54.6 Å². The second kappa shape index (κ2) is 8.00. The number of rotatable bonds is 6. The standard InChI is InChI=1S/C20H24N2O4S/c1-3-27(24,25)22-14-19(26-18-12-8-7-11-17(18)22)20(23)21-13-15(2)16-9-5-4-6-10-16/h4-12,15,19H,3,13-14H2,1-2H3,(H,21,23)/t15-,19-/m1/s1. The topological polar surface area (TPSA) is 75.7 Å². The van der Waals surface area contributed by atoms with Gasteiger partial charge in [-0.15, -0.1) is 0 Å². The van der Waals surface area contributed by atoms with Crippen LogP contribution >= 0.6 is 0 Å². The van der Waals surface area contributed by atoms with Crippen molar-refractivity contribution in [1.29, 1.82) is 0 Å². The maximum Gasteiger partial charge on any atom is 0.263 e. The van der Waals surface area contributed by atoms with Gasteiger partial charge in [0.25, 0.3) is 5.91 Å². The molecule has 0 saturated carbocycles. The van der Waals surface area contributed by atoms with E-state index in [9.17, 15) is 13.2 Å². The molecule has 1 amide bonds. The monoisotopic (exact) mass is 388 g/mol. The number of para-hydroxylation sites is 2. The Morgan fingerprint density at radius 3 is 2.56 bits per heavy atom. The van der Waals surface area contributed by atoms with E-state index in [0.717, 1.165) is 5.56 Å².